The van der Waals surface area contributed by atoms with Crippen molar-refractivity contribution in [2.45, 2.75) is 32.7 Å². The van der Waals surface area contributed by atoms with Crippen LogP contribution in [0.4, 0.5) is 4.39 Å². The number of carbonyl (C=O) groups is 2. The van der Waals surface area contributed by atoms with E-state index in [1.165, 1.54) is 24.3 Å². The van der Waals surface area contributed by atoms with Gasteiger partial charge in [0.2, 0.25) is 5.78 Å². The topological polar surface area (TPSA) is 46.4 Å². The van der Waals surface area contributed by atoms with Gasteiger partial charge in [-0.2, -0.15) is 0 Å². The Bertz CT molecular complexity index is 927. The van der Waals surface area contributed by atoms with Crippen LogP contribution in [0.1, 0.15) is 35.8 Å². The Kier molecular flexibility index (Phi) is 4.44. The Morgan fingerprint density at radius 3 is 2.73 bits per heavy atom. The van der Waals surface area contributed by atoms with E-state index >= 15 is 0 Å². The molecule has 1 aliphatic heterocycles. The maximum Gasteiger partial charge on any atom is 0.308 e. The number of esters is 1. The van der Waals surface area contributed by atoms with Gasteiger partial charge in [-0.1, -0.05) is 12.1 Å². The molecule has 6 heteroatoms. The second-order valence-electron chi connectivity index (χ2n) is 6.75. The van der Waals surface area contributed by atoms with E-state index in [1.807, 2.05) is 10.6 Å². The highest BCUT2D eigenvalue weighted by atomic mass is 32.1. The molecule has 2 aliphatic rings. The number of benzene rings is 1. The minimum atomic E-state index is -0.367. The van der Waals surface area contributed by atoms with Crippen LogP contribution in [0.15, 0.2) is 30.3 Å². The normalized spacial score (nSPS) is 18.2. The number of thiophene rings is 1. The molecule has 2 heterocycles. The van der Waals surface area contributed by atoms with E-state index in [2.05, 4.69) is 0 Å². The third-order valence-corrected chi connectivity index (χ3v) is 5.83. The van der Waals surface area contributed by atoms with Gasteiger partial charge in [0.15, 0.2) is 11.6 Å². The standard InChI is InChI=1S/C20H19FNO3S/c1-12(23)25-18-10-14-11-22(9-8-17(14)26-18)19(20(24)13-6-7-13)15-4-2-3-5-16(15)21/h2-5,10,13H,6-9,11H2,1H3/q+1. The van der Waals surface area contributed by atoms with E-state index in [0.29, 0.717) is 29.4 Å². The monoisotopic (exact) mass is 372 g/mol. The molecule has 1 aromatic carbocycles. The first-order valence-corrected chi connectivity index (χ1v) is 9.55. The summed E-state index contributed by atoms with van der Waals surface area (Å²) in [6.45, 7) is 2.55. The lowest BCUT2D eigenvalue weighted by molar-refractivity contribution is -0.545. The van der Waals surface area contributed by atoms with Gasteiger partial charge in [0.05, 0.1) is 5.56 Å². The highest BCUT2D eigenvalue weighted by Gasteiger charge is 2.40. The Balaban J connectivity index is 1.74. The smallest absolute Gasteiger partial charge is 0.308 e. The van der Waals surface area contributed by atoms with Crippen molar-refractivity contribution in [2.24, 2.45) is 5.92 Å². The van der Waals surface area contributed by atoms with Crippen LogP contribution in [0.5, 0.6) is 5.06 Å². The fourth-order valence-electron chi connectivity index (χ4n) is 3.34. The molecule has 0 spiro atoms. The average Bonchev–Trinajstić information content (AvgIpc) is 3.37. The summed E-state index contributed by atoms with van der Waals surface area (Å²) in [7, 11) is 0. The Morgan fingerprint density at radius 2 is 2.04 bits per heavy atom. The summed E-state index contributed by atoms with van der Waals surface area (Å²) in [5, 5.41) is 0.574. The summed E-state index contributed by atoms with van der Waals surface area (Å²) in [6, 6.07) is 8.33. The van der Waals surface area contributed by atoms with Crippen molar-refractivity contribution in [1.82, 2.24) is 0 Å². The summed E-state index contributed by atoms with van der Waals surface area (Å²) >= 11 is 1.47. The van der Waals surface area contributed by atoms with E-state index < -0.39 is 0 Å². The maximum absolute atomic E-state index is 14.4. The van der Waals surface area contributed by atoms with Crippen LogP contribution in [0.2, 0.25) is 0 Å². The summed E-state index contributed by atoms with van der Waals surface area (Å²) in [4.78, 5) is 25.2. The van der Waals surface area contributed by atoms with Gasteiger partial charge < -0.3 is 4.74 Å². The molecular formula is C20H19FNO3S+. The van der Waals surface area contributed by atoms with Gasteiger partial charge in [-0.3, -0.25) is 9.59 Å². The molecule has 134 valence electrons. The zero-order valence-electron chi connectivity index (χ0n) is 14.5. The molecule has 1 aromatic heterocycles. The molecule has 0 saturated heterocycles. The van der Waals surface area contributed by atoms with E-state index in [4.69, 9.17) is 4.74 Å². The van der Waals surface area contributed by atoms with Gasteiger partial charge >= 0.3 is 5.97 Å². The number of ether oxygens (including phenoxy) is 1. The van der Waals surface area contributed by atoms with E-state index in [9.17, 15) is 14.0 Å². The highest BCUT2D eigenvalue weighted by Crippen LogP contribution is 2.34. The van der Waals surface area contributed by atoms with Crippen LogP contribution >= 0.6 is 11.3 Å². The number of Topliss-reactive ketones (excluding diaryl/α,β-unsaturated/α-hetero) is 1. The molecule has 0 N–H and O–H groups in total. The number of hydrogen-bond donors (Lipinski definition) is 0. The molecule has 2 aromatic rings. The van der Waals surface area contributed by atoms with E-state index in [1.54, 1.807) is 18.2 Å². The van der Waals surface area contributed by atoms with Crippen LogP contribution < -0.4 is 4.74 Å². The molecular weight excluding hydrogens is 353 g/mol. The Hall–Kier alpha value is -2.34. The maximum atomic E-state index is 14.4. The summed E-state index contributed by atoms with van der Waals surface area (Å²) in [6.07, 6.45) is 2.51. The van der Waals surface area contributed by atoms with Crippen molar-refractivity contribution < 1.29 is 23.3 Å². The molecule has 0 radical (unpaired) electrons. The fourth-order valence-corrected chi connectivity index (χ4v) is 4.39. The minimum Gasteiger partial charge on any atom is -0.416 e. The first kappa shape index (κ1) is 17.1. The number of ketones is 1. The molecule has 0 unspecified atom stereocenters. The molecule has 4 rings (SSSR count). The van der Waals surface area contributed by atoms with E-state index in [-0.39, 0.29) is 23.5 Å². The van der Waals surface area contributed by atoms with Crippen LogP contribution in [-0.4, -0.2) is 28.6 Å². The Labute approximate surface area is 154 Å². The lowest BCUT2D eigenvalue weighted by atomic mass is 10.0. The predicted octanol–water partition coefficient (Wildman–Crippen LogP) is 3.35. The van der Waals surface area contributed by atoms with Crippen LogP contribution in [-0.2, 0) is 22.6 Å². The predicted molar refractivity (Wildman–Crippen MR) is 96.4 cm³/mol. The second kappa shape index (κ2) is 6.76. The van der Waals surface area contributed by atoms with Gasteiger partial charge in [0.1, 0.15) is 12.4 Å². The quantitative estimate of drug-likeness (QED) is 0.611. The largest absolute Gasteiger partial charge is 0.416 e. The first-order chi connectivity index (χ1) is 12.5. The average molecular weight is 372 g/mol. The zero-order chi connectivity index (χ0) is 18.3. The third-order valence-electron chi connectivity index (χ3n) is 4.72. The third kappa shape index (κ3) is 3.33. The van der Waals surface area contributed by atoms with Gasteiger partial charge in [-0.05, 0) is 25.0 Å². The highest BCUT2D eigenvalue weighted by molar-refractivity contribution is 7.14. The molecule has 1 saturated carbocycles. The van der Waals surface area contributed by atoms with Gasteiger partial charge in [0, 0.05) is 35.8 Å². The summed E-state index contributed by atoms with van der Waals surface area (Å²) < 4.78 is 21.6. The van der Waals surface area contributed by atoms with Crippen molar-refractivity contribution in [1.29, 1.82) is 0 Å². The zero-order valence-corrected chi connectivity index (χ0v) is 15.3. The van der Waals surface area contributed by atoms with Crippen LogP contribution in [0.25, 0.3) is 0 Å². The molecule has 26 heavy (non-hydrogen) atoms. The van der Waals surface area contributed by atoms with Crippen molar-refractivity contribution in [3.05, 3.63) is 52.2 Å². The number of fused-ring (bicyclic) bond motifs is 1. The lowest BCUT2D eigenvalue weighted by Crippen LogP contribution is -2.34. The Morgan fingerprint density at radius 1 is 1.27 bits per heavy atom. The fraction of sp³-hybridized carbons (Fsp3) is 0.350. The SMILES string of the molecule is CC(=O)Oc1cc2c(s1)CC[N+](=C(C(=O)C1CC1)c1ccccc1F)C2. The molecule has 0 amide bonds. The number of halogens is 1. The molecule has 1 aliphatic carbocycles. The number of rotatable bonds is 4. The van der Waals surface area contributed by atoms with Crippen molar-refractivity contribution >= 4 is 28.8 Å². The number of nitrogens with zero attached hydrogens (tertiary/aromatic N) is 1. The van der Waals surface area contributed by atoms with Gasteiger partial charge in [-0.15, -0.1) is 11.3 Å². The molecule has 0 bridgehead atoms. The minimum absolute atomic E-state index is 0.0186. The summed E-state index contributed by atoms with van der Waals surface area (Å²) in [5.74, 6) is -0.657. The lowest BCUT2D eigenvalue weighted by Gasteiger charge is -2.15. The molecule has 1 fully saturated rings. The molecule has 4 nitrogen and oxygen atoms in total. The van der Waals surface area contributed by atoms with Gasteiger partial charge in [0.25, 0.3) is 5.71 Å². The van der Waals surface area contributed by atoms with Crippen molar-refractivity contribution in [3.8, 4) is 5.06 Å². The van der Waals surface area contributed by atoms with E-state index in [0.717, 1.165) is 29.7 Å². The van der Waals surface area contributed by atoms with Crippen molar-refractivity contribution in [2.75, 3.05) is 6.54 Å². The number of hydrogen-bond acceptors (Lipinski definition) is 4. The van der Waals surface area contributed by atoms with Crippen LogP contribution in [0.3, 0.4) is 0 Å². The first-order valence-electron chi connectivity index (χ1n) is 8.74. The second-order valence-corrected chi connectivity index (χ2v) is 7.85. The molecule has 0 atom stereocenters. The van der Waals surface area contributed by atoms with Gasteiger partial charge in [-0.25, -0.2) is 8.97 Å². The van der Waals surface area contributed by atoms with Crippen LogP contribution in [0, 0.1) is 11.7 Å². The number of carbonyl (C=O) groups excluding carboxylic acids is 2. The summed E-state index contributed by atoms with van der Waals surface area (Å²) in [5.41, 5.74) is 1.90. The van der Waals surface area contributed by atoms with Crippen molar-refractivity contribution in [3.63, 3.8) is 0 Å².